The normalized spacial score (nSPS) is 11.5. The van der Waals surface area contributed by atoms with Crippen molar-refractivity contribution < 1.29 is 8.78 Å². The van der Waals surface area contributed by atoms with Crippen LogP contribution in [0.5, 0.6) is 0 Å². The van der Waals surface area contributed by atoms with Gasteiger partial charge in [-0.25, -0.2) is 18.7 Å². The monoisotopic (exact) mass is 470 g/mol. The van der Waals surface area contributed by atoms with Crippen LogP contribution in [0.25, 0.3) is 50.5 Å². The highest BCUT2D eigenvalue weighted by Gasteiger charge is 2.17. The van der Waals surface area contributed by atoms with Gasteiger partial charge in [-0.1, -0.05) is 35.9 Å². The number of imidazole rings is 2. The Bertz CT molecular complexity index is 1720. The molecule has 0 amide bonds. The van der Waals surface area contributed by atoms with Gasteiger partial charge in [0.1, 0.15) is 11.6 Å². The molecule has 0 unspecified atom stereocenters. The smallest absolute Gasteiger partial charge is 0.169 e. The molecule has 1 N–H and O–H groups in total. The molecule has 3 heterocycles. The van der Waals surface area contributed by atoms with Gasteiger partial charge in [-0.3, -0.25) is 4.40 Å². The van der Waals surface area contributed by atoms with Crippen molar-refractivity contribution in [2.75, 3.05) is 0 Å². The first-order valence-electron chi connectivity index (χ1n) is 10.7. The summed E-state index contributed by atoms with van der Waals surface area (Å²) >= 11 is 6.56. The third-order valence-electron chi connectivity index (χ3n) is 5.93. The van der Waals surface area contributed by atoms with Crippen LogP contribution in [0.1, 0.15) is 5.56 Å². The number of halogens is 3. The van der Waals surface area contributed by atoms with E-state index in [9.17, 15) is 8.78 Å². The molecule has 0 atom stereocenters. The van der Waals surface area contributed by atoms with Gasteiger partial charge in [-0.2, -0.15) is 0 Å². The molecule has 34 heavy (non-hydrogen) atoms. The zero-order chi connectivity index (χ0) is 23.4. The molecule has 3 aromatic carbocycles. The SMILES string of the molecule is Cc1ccc2nc(-c3cc(-c4cccn5c(-c6cccc(F)c6F)ncc45)ccc3Cl)[nH]c2c1. The number of benzene rings is 3. The number of H-pyrrole nitrogens is 1. The highest BCUT2D eigenvalue weighted by Crippen LogP contribution is 2.35. The summed E-state index contributed by atoms with van der Waals surface area (Å²) in [6.45, 7) is 2.03. The molecule has 166 valence electrons. The molecule has 7 heteroatoms. The number of fused-ring (bicyclic) bond motifs is 2. The van der Waals surface area contributed by atoms with Crippen LogP contribution in [-0.2, 0) is 0 Å². The maximum atomic E-state index is 14.5. The lowest BCUT2D eigenvalue weighted by Crippen LogP contribution is -1.95. The Morgan fingerprint density at radius 2 is 1.76 bits per heavy atom. The van der Waals surface area contributed by atoms with Crippen molar-refractivity contribution in [1.82, 2.24) is 19.4 Å². The number of nitrogens with one attached hydrogen (secondary N) is 1. The number of nitrogens with zero attached hydrogens (tertiary/aromatic N) is 3. The molecule has 0 bridgehead atoms. The topological polar surface area (TPSA) is 46.0 Å². The fourth-order valence-corrected chi connectivity index (χ4v) is 4.47. The van der Waals surface area contributed by atoms with E-state index >= 15 is 0 Å². The molecule has 6 aromatic rings. The predicted molar refractivity (Wildman–Crippen MR) is 131 cm³/mol. The van der Waals surface area contributed by atoms with E-state index in [1.807, 2.05) is 55.5 Å². The highest BCUT2D eigenvalue weighted by molar-refractivity contribution is 6.33. The third-order valence-corrected chi connectivity index (χ3v) is 6.26. The van der Waals surface area contributed by atoms with Gasteiger partial charge in [0.25, 0.3) is 0 Å². The maximum Gasteiger partial charge on any atom is 0.169 e. The number of aromatic nitrogens is 4. The number of hydrogen-bond donors (Lipinski definition) is 1. The van der Waals surface area contributed by atoms with Gasteiger partial charge in [0.2, 0.25) is 0 Å². The average Bonchev–Trinajstić information content (AvgIpc) is 3.45. The number of aromatic amines is 1. The van der Waals surface area contributed by atoms with E-state index in [1.54, 1.807) is 16.8 Å². The van der Waals surface area contributed by atoms with E-state index in [2.05, 4.69) is 9.97 Å². The van der Waals surface area contributed by atoms with Gasteiger partial charge >= 0.3 is 0 Å². The molecule has 0 saturated carbocycles. The molecular weight excluding hydrogens is 454 g/mol. The quantitative estimate of drug-likeness (QED) is 0.292. The maximum absolute atomic E-state index is 14.5. The van der Waals surface area contributed by atoms with Gasteiger partial charge < -0.3 is 4.98 Å². The van der Waals surface area contributed by atoms with Crippen LogP contribution in [0.4, 0.5) is 8.78 Å². The Balaban J connectivity index is 1.50. The Morgan fingerprint density at radius 3 is 2.65 bits per heavy atom. The Labute approximate surface area is 198 Å². The van der Waals surface area contributed by atoms with Crippen molar-refractivity contribution in [2.45, 2.75) is 6.92 Å². The Hall–Kier alpha value is -4.03. The van der Waals surface area contributed by atoms with Crippen LogP contribution in [0.2, 0.25) is 5.02 Å². The molecular formula is C27H17ClF2N4. The number of aryl methyl sites for hydroxylation is 1. The summed E-state index contributed by atoms with van der Waals surface area (Å²) in [5.41, 5.74) is 6.35. The standard InChI is InChI=1S/C27H17ClF2N4/c1-15-7-10-22-23(12-15)33-26(32-22)19-13-16(8-9-20(19)28)17-5-3-11-34-24(17)14-31-27(34)18-4-2-6-21(29)25(18)30/h2-14H,1H3,(H,32,33). The van der Waals surface area contributed by atoms with Crippen molar-refractivity contribution in [3.05, 3.63) is 101 Å². The summed E-state index contributed by atoms with van der Waals surface area (Å²) in [5.74, 6) is -0.825. The largest absolute Gasteiger partial charge is 0.338 e. The van der Waals surface area contributed by atoms with E-state index in [0.29, 0.717) is 16.7 Å². The van der Waals surface area contributed by atoms with E-state index in [1.165, 1.54) is 12.1 Å². The van der Waals surface area contributed by atoms with Crippen molar-refractivity contribution in [1.29, 1.82) is 0 Å². The molecule has 6 rings (SSSR count). The van der Waals surface area contributed by atoms with E-state index in [-0.39, 0.29) is 5.56 Å². The van der Waals surface area contributed by atoms with E-state index < -0.39 is 11.6 Å². The lowest BCUT2D eigenvalue weighted by molar-refractivity contribution is 0.510. The average molecular weight is 471 g/mol. The van der Waals surface area contributed by atoms with Gasteiger partial charge in [0.15, 0.2) is 11.6 Å². The number of hydrogen-bond acceptors (Lipinski definition) is 2. The summed E-state index contributed by atoms with van der Waals surface area (Å²) in [7, 11) is 0. The van der Waals surface area contributed by atoms with Crippen molar-refractivity contribution in [3.8, 4) is 33.9 Å². The Morgan fingerprint density at radius 1 is 0.912 bits per heavy atom. The summed E-state index contributed by atoms with van der Waals surface area (Å²) in [6.07, 6.45) is 3.44. The lowest BCUT2D eigenvalue weighted by Gasteiger charge is -2.09. The van der Waals surface area contributed by atoms with Crippen LogP contribution in [0.3, 0.4) is 0 Å². The fourth-order valence-electron chi connectivity index (χ4n) is 4.27. The zero-order valence-corrected chi connectivity index (χ0v) is 18.7. The molecule has 0 aliphatic carbocycles. The number of pyridine rings is 1. The summed E-state index contributed by atoms with van der Waals surface area (Å²) < 4.78 is 30.0. The van der Waals surface area contributed by atoms with Gasteiger partial charge in [-0.05, 0) is 60.5 Å². The van der Waals surface area contributed by atoms with Crippen molar-refractivity contribution >= 4 is 28.2 Å². The minimum Gasteiger partial charge on any atom is -0.338 e. The summed E-state index contributed by atoms with van der Waals surface area (Å²) in [5, 5.41) is 0.572. The van der Waals surface area contributed by atoms with E-state index in [0.717, 1.165) is 44.9 Å². The second kappa shape index (κ2) is 7.78. The van der Waals surface area contributed by atoms with Crippen LogP contribution in [0.15, 0.2) is 79.1 Å². The van der Waals surface area contributed by atoms with Crippen LogP contribution in [0, 0.1) is 18.6 Å². The molecule has 0 fully saturated rings. The first-order valence-corrected chi connectivity index (χ1v) is 11.0. The second-order valence-corrected chi connectivity index (χ2v) is 8.57. The summed E-state index contributed by atoms with van der Waals surface area (Å²) in [4.78, 5) is 12.5. The Kier molecular flexibility index (Phi) is 4.71. The third kappa shape index (κ3) is 3.26. The molecule has 0 spiro atoms. The van der Waals surface area contributed by atoms with E-state index in [4.69, 9.17) is 16.6 Å². The predicted octanol–water partition coefficient (Wildman–Crippen LogP) is 7.45. The molecule has 3 aromatic heterocycles. The van der Waals surface area contributed by atoms with Crippen molar-refractivity contribution in [2.24, 2.45) is 0 Å². The van der Waals surface area contributed by atoms with Gasteiger partial charge in [0, 0.05) is 17.3 Å². The van der Waals surface area contributed by atoms with Crippen molar-refractivity contribution in [3.63, 3.8) is 0 Å². The minimum atomic E-state index is -0.922. The fraction of sp³-hybridized carbons (Fsp3) is 0.0370. The summed E-state index contributed by atoms with van der Waals surface area (Å²) in [6, 6.07) is 19.6. The molecule has 0 saturated heterocycles. The lowest BCUT2D eigenvalue weighted by atomic mass is 10.0. The second-order valence-electron chi connectivity index (χ2n) is 8.16. The molecule has 0 aliphatic rings. The minimum absolute atomic E-state index is 0.103. The molecule has 0 radical (unpaired) electrons. The first-order chi connectivity index (χ1) is 16.5. The highest BCUT2D eigenvalue weighted by atomic mass is 35.5. The first kappa shape index (κ1) is 20.6. The van der Waals surface area contributed by atoms with Gasteiger partial charge in [0.05, 0.1) is 33.3 Å². The van der Waals surface area contributed by atoms with Gasteiger partial charge in [-0.15, -0.1) is 0 Å². The molecule has 0 aliphatic heterocycles. The van der Waals surface area contributed by atoms with Crippen LogP contribution >= 0.6 is 11.6 Å². The van der Waals surface area contributed by atoms with Crippen LogP contribution in [-0.4, -0.2) is 19.4 Å². The van der Waals surface area contributed by atoms with Crippen LogP contribution < -0.4 is 0 Å². The number of rotatable bonds is 3. The molecule has 4 nitrogen and oxygen atoms in total. The zero-order valence-electron chi connectivity index (χ0n) is 18.0.